The molecule has 1 aromatic rings. The monoisotopic (exact) mass is 277 g/mol. The first kappa shape index (κ1) is 16.2. The van der Waals surface area contributed by atoms with Crippen LogP contribution in [0.25, 0.3) is 0 Å². The summed E-state index contributed by atoms with van der Waals surface area (Å²) in [7, 11) is 1.62. The number of hydrogen-bond donors (Lipinski definition) is 2. The summed E-state index contributed by atoms with van der Waals surface area (Å²) < 4.78 is 0. The SMILES string of the molecule is CCCNC(=O)CN(C)C(=O)CC(N)c1ccccc1. The van der Waals surface area contributed by atoms with E-state index in [2.05, 4.69) is 5.32 Å². The van der Waals surface area contributed by atoms with E-state index in [9.17, 15) is 9.59 Å². The molecule has 1 rings (SSSR count). The normalized spacial score (nSPS) is 11.8. The van der Waals surface area contributed by atoms with Gasteiger partial charge in [0.05, 0.1) is 6.54 Å². The van der Waals surface area contributed by atoms with E-state index in [1.807, 2.05) is 37.3 Å². The molecule has 1 aromatic carbocycles. The molecule has 0 aromatic heterocycles. The fourth-order valence-electron chi connectivity index (χ4n) is 1.79. The second kappa shape index (κ2) is 8.32. The van der Waals surface area contributed by atoms with Crippen LogP contribution in [-0.4, -0.2) is 36.9 Å². The summed E-state index contributed by atoms with van der Waals surface area (Å²) in [6.07, 6.45) is 1.07. The lowest BCUT2D eigenvalue weighted by Crippen LogP contribution is -2.39. The van der Waals surface area contributed by atoms with Crippen molar-refractivity contribution in [2.75, 3.05) is 20.1 Å². The number of amides is 2. The molecule has 0 saturated carbocycles. The van der Waals surface area contributed by atoms with Gasteiger partial charge in [-0.15, -0.1) is 0 Å². The highest BCUT2D eigenvalue weighted by atomic mass is 16.2. The van der Waals surface area contributed by atoms with Crippen molar-refractivity contribution < 1.29 is 9.59 Å². The first-order valence-corrected chi connectivity index (χ1v) is 6.85. The van der Waals surface area contributed by atoms with Crippen molar-refractivity contribution in [3.63, 3.8) is 0 Å². The Kier molecular flexibility index (Phi) is 6.73. The number of rotatable bonds is 7. The van der Waals surface area contributed by atoms with Crippen LogP contribution in [0.1, 0.15) is 31.4 Å². The molecule has 0 aliphatic rings. The Morgan fingerprint density at radius 1 is 1.30 bits per heavy atom. The number of carbonyl (C=O) groups excluding carboxylic acids is 2. The third kappa shape index (κ3) is 5.40. The molecule has 0 aliphatic carbocycles. The molecule has 110 valence electrons. The number of likely N-dealkylation sites (N-methyl/N-ethyl adjacent to an activating group) is 1. The summed E-state index contributed by atoms with van der Waals surface area (Å²) in [5.41, 5.74) is 6.92. The molecule has 0 bridgehead atoms. The van der Waals surface area contributed by atoms with E-state index in [0.717, 1.165) is 12.0 Å². The number of hydrogen-bond acceptors (Lipinski definition) is 3. The van der Waals surface area contributed by atoms with Crippen molar-refractivity contribution >= 4 is 11.8 Å². The van der Waals surface area contributed by atoms with Crippen molar-refractivity contribution in [1.82, 2.24) is 10.2 Å². The van der Waals surface area contributed by atoms with Gasteiger partial charge in [-0.3, -0.25) is 9.59 Å². The molecule has 0 aliphatic heterocycles. The van der Waals surface area contributed by atoms with Gasteiger partial charge in [0.2, 0.25) is 11.8 Å². The van der Waals surface area contributed by atoms with E-state index in [0.29, 0.717) is 6.54 Å². The van der Waals surface area contributed by atoms with Crippen LogP contribution in [0.2, 0.25) is 0 Å². The highest BCUT2D eigenvalue weighted by molar-refractivity contribution is 5.84. The summed E-state index contributed by atoms with van der Waals surface area (Å²) in [5.74, 6) is -0.274. The molecule has 0 spiro atoms. The smallest absolute Gasteiger partial charge is 0.239 e. The van der Waals surface area contributed by atoms with Crippen LogP contribution < -0.4 is 11.1 Å². The second-order valence-electron chi connectivity index (χ2n) is 4.82. The first-order chi connectivity index (χ1) is 9.54. The molecule has 0 saturated heterocycles. The summed E-state index contributed by atoms with van der Waals surface area (Å²) in [6.45, 7) is 2.68. The molecule has 0 radical (unpaired) electrons. The molecular formula is C15H23N3O2. The van der Waals surface area contributed by atoms with Crippen LogP contribution >= 0.6 is 0 Å². The average Bonchev–Trinajstić information content (AvgIpc) is 2.45. The number of nitrogens with one attached hydrogen (secondary N) is 1. The predicted molar refractivity (Wildman–Crippen MR) is 78.9 cm³/mol. The van der Waals surface area contributed by atoms with E-state index in [4.69, 9.17) is 5.73 Å². The third-order valence-corrected chi connectivity index (χ3v) is 3.00. The molecule has 0 fully saturated rings. The van der Waals surface area contributed by atoms with Crippen LogP contribution in [0, 0.1) is 0 Å². The Morgan fingerprint density at radius 3 is 2.55 bits per heavy atom. The maximum Gasteiger partial charge on any atom is 0.239 e. The minimum atomic E-state index is -0.343. The molecule has 5 heteroatoms. The summed E-state index contributed by atoms with van der Waals surface area (Å²) >= 11 is 0. The average molecular weight is 277 g/mol. The van der Waals surface area contributed by atoms with Crippen molar-refractivity contribution in [3.8, 4) is 0 Å². The standard InChI is InChI=1S/C15H23N3O2/c1-3-9-17-14(19)11-18(2)15(20)10-13(16)12-7-5-4-6-8-12/h4-8,13H,3,9-11,16H2,1-2H3,(H,17,19). The second-order valence-corrected chi connectivity index (χ2v) is 4.82. The molecule has 1 atom stereocenters. The number of benzene rings is 1. The van der Waals surface area contributed by atoms with Gasteiger partial charge in [0.25, 0.3) is 0 Å². The van der Waals surface area contributed by atoms with Crippen LogP contribution in [0.5, 0.6) is 0 Å². The quantitative estimate of drug-likeness (QED) is 0.782. The lowest BCUT2D eigenvalue weighted by molar-refractivity contribution is -0.135. The Labute approximate surface area is 120 Å². The molecule has 3 N–H and O–H groups in total. The number of carbonyl (C=O) groups is 2. The first-order valence-electron chi connectivity index (χ1n) is 6.85. The van der Waals surface area contributed by atoms with E-state index in [1.54, 1.807) is 7.05 Å². The molecule has 0 heterocycles. The van der Waals surface area contributed by atoms with Crippen molar-refractivity contribution in [2.24, 2.45) is 5.73 Å². The minimum Gasteiger partial charge on any atom is -0.355 e. The lowest BCUT2D eigenvalue weighted by atomic mass is 10.0. The van der Waals surface area contributed by atoms with Gasteiger partial charge in [0, 0.05) is 26.1 Å². The van der Waals surface area contributed by atoms with Gasteiger partial charge in [0.1, 0.15) is 0 Å². The van der Waals surface area contributed by atoms with Crippen molar-refractivity contribution in [3.05, 3.63) is 35.9 Å². The van der Waals surface area contributed by atoms with Gasteiger partial charge < -0.3 is 16.0 Å². The van der Waals surface area contributed by atoms with Gasteiger partial charge in [-0.2, -0.15) is 0 Å². The van der Waals surface area contributed by atoms with E-state index in [-0.39, 0.29) is 30.8 Å². The van der Waals surface area contributed by atoms with E-state index in [1.165, 1.54) is 4.90 Å². The van der Waals surface area contributed by atoms with Crippen molar-refractivity contribution in [1.29, 1.82) is 0 Å². The largest absolute Gasteiger partial charge is 0.355 e. The summed E-state index contributed by atoms with van der Waals surface area (Å²) in [4.78, 5) is 24.9. The Balaban J connectivity index is 2.43. The fourth-order valence-corrected chi connectivity index (χ4v) is 1.79. The lowest BCUT2D eigenvalue weighted by Gasteiger charge is -2.19. The molecule has 1 unspecified atom stereocenters. The number of nitrogens with zero attached hydrogens (tertiary/aromatic N) is 1. The summed E-state index contributed by atoms with van der Waals surface area (Å²) in [6, 6.07) is 9.13. The van der Waals surface area contributed by atoms with Gasteiger partial charge >= 0.3 is 0 Å². The molecule has 2 amide bonds. The molecular weight excluding hydrogens is 254 g/mol. The van der Waals surface area contributed by atoms with Crippen LogP contribution in [0.3, 0.4) is 0 Å². The third-order valence-electron chi connectivity index (χ3n) is 3.00. The highest BCUT2D eigenvalue weighted by Crippen LogP contribution is 2.14. The van der Waals surface area contributed by atoms with Crippen LogP contribution in [-0.2, 0) is 9.59 Å². The zero-order valence-electron chi connectivity index (χ0n) is 12.1. The topological polar surface area (TPSA) is 75.4 Å². The maximum atomic E-state index is 12.0. The molecule has 20 heavy (non-hydrogen) atoms. The van der Waals surface area contributed by atoms with Crippen LogP contribution in [0.15, 0.2) is 30.3 Å². The zero-order valence-corrected chi connectivity index (χ0v) is 12.1. The minimum absolute atomic E-state index is 0.0698. The Morgan fingerprint density at radius 2 is 1.95 bits per heavy atom. The molecule has 5 nitrogen and oxygen atoms in total. The fraction of sp³-hybridized carbons (Fsp3) is 0.467. The number of nitrogens with two attached hydrogens (primary N) is 1. The van der Waals surface area contributed by atoms with E-state index < -0.39 is 0 Å². The summed E-state index contributed by atoms with van der Waals surface area (Å²) in [5, 5.41) is 2.74. The maximum absolute atomic E-state index is 12.0. The highest BCUT2D eigenvalue weighted by Gasteiger charge is 2.16. The van der Waals surface area contributed by atoms with Gasteiger partial charge in [0.15, 0.2) is 0 Å². The predicted octanol–water partition coefficient (Wildman–Crippen LogP) is 1.06. The Hall–Kier alpha value is -1.88. The van der Waals surface area contributed by atoms with Crippen LogP contribution in [0.4, 0.5) is 0 Å². The van der Waals surface area contributed by atoms with E-state index >= 15 is 0 Å². The zero-order chi connectivity index (χ0) is 15.0. The van der Waals surface area contributed by atoms with Gasteiger partial charge in [-0.25, -0.2) is 0 Å². The Bertz CT molecular complexity index is 434. The van der Waals surface area contributed by atoms with Crippen molar-refractivity contribution in [2.45, 2.75) is 25.8 Å². The van der Waals surface area contributed by atoms with Gasteiger partial charge in [-0.05, 0) is 12.0 Å². The van der Waals surface area contributed by atoms with Gasteiger partial charge in [-0.1, -0.05) is 37.3 Å².